The van der Waals surface area contributed by atoms with Gasteiger partial charge in [0.1, 0.15) is 0 Å². The van der Waals surface area contributed by atoms with Crippen molar-refractivity contribution in [2.24, 2.45) is 0 Å². The quantitative estimate of drug-likeness (QED) is 0.831. The monoisotopic (exact) mass is 244 g/mol. The Balaban J connectivity index is 0.00000128. The molecule has 0 spiro atoms. The summed E-state index contributed by atoms with van der Waals surface area (Å²) in [5.41, 5.74) is -0.102. The minimum atomic E-state index is -0.121. The van der Waals surface area contributed by atoms with E-state index in [1.165, 1.54) is 6.26 Å². The lowest BCUT2D eigenvalue weighted by Gasteiger charge is -2.34. The molecule has 0 bridgehead atoms. The molecule has 0 radical (unpaired) electrons. The molecule has 1 amide bonds. The zero-order valence-electron chi connectivity index (χ0n) is 9.29. The number of halogens is 1. The number of hydrogen-bond donors (Lipinski definition) is 2. The smallest absolute Gasteiger partial charge is 0.287 e. The van der Waals surface area contributed by atoms with Crippen LogP contribution in [-0.4, -0.2) is 24.5 Å². The van der Waals surface area contributed by atoms with Crippen molar-refractivity contribution in [2.75, 3.05) is 13.1 Å². The second-order valence-corrected chi connectivity index (χ2v) is 4.24. The zero-order chi connectivity index (χ0) is 10.7. The Morgan fingerprint density at radius 3 is 2.75 bits per heavy atom. The second-order valence-electron chi connectivity index (χ2n) is 4.24. The highest BCUT2D eigenvalue weighted by Crippen LogP contribution is 2.17. The van der Waals surface area contributed by atoms with Gasteiger partial charge < -0.3 is 15.1 Å². The number of rotatable bonds is 2. The maximum Gasteiger partial charge on any atom is 0.287 e. The van der Waals surface area contributed by atoms with E-state index >= 15 is 0 Å². The van der Waals surface area contributed by atoms with E-state index in [9.17, 15) is 4.79 Å². The van der Waals surface area contributed by atoms with Crippen molar-refractivity contribution in [3.8, 4) is 0 Å². The molecule has 0 aromatic carbocycles. The highest BCUT2D eigenvalue weighted by atomic mass is 35.5. The van der Waals surface area contributed by atoms with Crippen molar-refractivity contribution in [1.82, 2.24) is 10.6 Å². The maximum atomic E-state index is 11.8. The van der Waals surface area contributed by atoms with Crippen LogP contribution in [0, 0.1) is 0 Å². The predicted octanol–water partition coefficient (Wildman–Crippen LogP) is 1.57. The lowest BCUT2D eigenvalue weighted by Crippen LogP contribution is -2.52. The molecular formula is C11H17ClN2O2. The van der Waals surface area contributed by atoms with Crippen LogP contribution in [-0.2, 0) is 0 Å². The van der Waals surface area contributed by atoms with E-state index in [-0.39, 0.29) is 23.9 Å². The van der Waals surface area contributed by atoms with Gasteiger partial charge >= 0.3 is 0 Å². The third kappa shape index (κ3) is 3.00. The fourth-order valence-electron chi connectivity index (χ4n) is 1.85. The number of carbonyl (C=O) groups is 1. The molecule has 1 aromatic rings. The zero-order valence-corrected chi connectivity index (χ0v) is 10.1. The number of nitrogens with one attached hydrogen (secondary N) is 2. The van der Waals surface area contributed by atoms with Gasteiger partial charge in [-0.25, -0.2) is 0 Å². The molecule has 0 aliphatic carbocycles. The van der Waals surface area contributed by atoms with Gasteiger partial charge in [0.05, 0.1) is 6.26 Å². The number of hydrogen-bond acceptors (Lipinski definition) is 3. The summed E-state index contributed by atoms with van der Waals surface area (Å²) in [6.07, 6.45) is 3.43. The Bertz CT molecular complexity index is 332. The molecule has 1 saturated heterocycles. The van der Waals surface area contributed by atoms with E-state index in [0.717, 1.165) is 25.9 Å². The molecule has 1 fully saturated rings. The van der Waals surface area contributed by atoms with Gasteiger partial charge in [0.25, 0.3) is 5.91 Å². The normalized spacial score (nSPS) is 18.6. The lowest BCUT2D eigenvalue weighted by atomic mass is 9.90. The fourth-order valence-corrected chi connectivity index (χ4v) is 1.85. The number of carbonyl (C=O) groups excluding carboxylic acids is 1. The van der Waals surface area contributed by atoms with Crippen LogP contribution in [0.3, 0.4) is 0 Å². The van der Waals surface area contributed by atoms with Crippen LogP contribution >= 0.6 is 12.4 Å². The maximum absolute atomic E-state index is 11.8. The van der Waals surface area contributed by atoms with Crippen molar-refractivity contribution in [1.29, 1.82) is 0 Å². The summed E-state index contributed by atoms with van der Waals surface area (Å²) in [6.45, 7) is 3.98. The number of amides is 1. The molecule has 1 aliphatic rings. The number of furan rings is 1. The highest BCUT2D eigenvalue weighted by Gasteiger charge is 2.29. The summed E-state index contributed by atoms with van der Waals surface area (Å²) in [6, 6.07) is 3.40. The first-order chi connectivity index (χ1) is 7.20. The summed E-state index contributed by atoms with van der Waals surface area (Å²) >= 11 is 0. The summed E-state index contributed by atoms with van der Waals surface area (Å²) in [5, 5.41) is 6.30. The van der Waals surface area contributed by atoms with E-state index in [2.05, 4.69) is 17.6 Å². The Kier molecular flexibility index (Phi) is 4.38. The largest absolute Gasteiger partial charge is 0.459 e. The first-order valence-electron chi connectivity index (χ1n) is 5.26. The topological polar surface area (TPSA) is 54.3 Å². The van der Waals surface area contributed by atoms with E-state index in [1.807, 2.05) is 0 Å². The third-order valence-corrected chi connectivity index (χ3v) is 2.87. The molecule has 0 saturated carbocycles. The highest BCUT2D eigenvalue weighted by molar-refractivity contribution is 5.91. The summed E-state index contributed by atoms with van der Waals surface area (Å²) < 4.78 is 5.05. The van der Waals surface area contributed by atoms with Crippen LogP contribution in [0.25, 0.3) is 0 Å². The summed E-state index contributed by atoms with van der Waals surface area (Å²) in [4.78, 5) is 11.8. The Morgan fingerprint density at radius 2 is 2.19 bits per heavy atom. The molecular weight excluding hydrogens is 228 g/mol. The van der Waals surface area contributed by atoms with E-state index in [4.69, 9.17) is 4.42 Å². The SMILES string of the molecule is CC1(NC(=O)c2ccco2)CCNCC1.Cl. The first-order valence-corrected chi connectivity index (χ1v) is 5.26. The van der Waals surface area contributed by atoms with Gasteiger partial charge in [-0.3, -0.25) is 4.79 Å². The van der Waals surface area contributed by atoms with Crippen LogP contribution < -0.4 is 10.6 Å². The van der Waals surface area contributed by atoms with Gasteiger partial charge in [-0.1, -0.05) is 0 Å². The Morgan fingerprint density at radius 1 is 1.50 bits per heavy atom. The first kappa shape index (κ1) is 13.1. The summed E-state index contributed by atoms with van der Waals surface area (Å²) in [7, 11) is 0. The van der Waals surface area contributed by atoms with Crippen LogP contribution in [0.2, 0.25) is 0 Å². The van der Waals surface area contributed by atoms with Gasteiger partial charge in [0.15, 0.2) is 5.76 Å². The molecule has 2 N–H and O–H groups in total. The average Bonchev–Trinajstić information content (AvgIpc) is 2.70. The van der Waals surface area contributed by atoms with Crippen LogP contribution in [0.15, 0.2) is 22.8 Å². The minimum Gasteiger partial charge on any atom is -0.459 e. The second kappa shape index (κ2) is 5.37. The molecule has 5 heteroatoms. The van der Waals surface area contributed by atoms with Crippen LogP contribution in [0.5, 0.6) is 0 Å². The van der Waals surface area contributed by atoms with Crippen molar-refractivity contribution >= 4 is 18.3 Å². The molecule has 4 nitrogen and oxygen atoms in total. The van der Waals surface area contributed by atoms with Gasteiger partial charge in [-0.2, -0.15) is 0 Å². The van der Waals surface area contributed by atoms with Gasteiger partial charge in [-0.15, -0.1) is 12.4 Å². The van der Waals surface area contributed by atoms with E-state index < -0.39 is 0 Å². The van der Waals surface area contributed by atoms with Crippen molar-refractivity contribution < 1.29 is 9.21 Å². The van der Waals surface area contributed by atoms with E-state index in [0.29, 0.717) is 5.76 Å². The number of piperidine rings is 1. The Labute approximate surface area is 101 Å². The lowest BCUT2D eigenvalue weighted by molar-refractivity contribution is 0.0859. The molecule has 1 aromatic heterocycles. The molecule has 2 heterocycles. The van der Waals surface area contributed by atoms with Gasteiger partial charge in [-0.05, 0) is 45.0 Å². The average molecular weight is 245 g/mol. The van der Waals surface area contributed by atoms with Crippen molar-refractivity contribution in [2.45, 2.75) is 25.3 Å². The standard InChI is InChI=1S/C11H16N2O2.ClH/c1-11(4-6-12-7-5-11)13-10(14)9-3-2-8-15-9;/h2-3,8,12H,4-7H2,1H3,(H,13,14);1H. The Hall–Kier alpha value is -1.00. The predicted molar refractivity (Wildman–Crippen MR) is 63.9 cm³/mol. The molecule has 1 aliphatic heterocycles. The third-order valence-electron chi connectivity index (χ3n) is 2.87. The summed E-state index contributed by atoms with van der Waals surface area (Å²) in [5.74, 6) is 0.263. The van der Waals surface area contributed by atoms with Crippen molar-refractivity contribution in [3.05, 3.63) is 24.2 Å². The molecule has 2 rings (SSSR count). The van der Waals surface area contributed by atoms with Crippen LogP contribution in [0.1, 0.15) is 30.3 Å². The molecule has 90 valence electrons. The fraction of sp³-hybridized carbons (Fsp3) is 0.545. The van der Waals surface area contributed by atoms with Gasteiger partial charge in [0, 0.05) is 5.54 Å². The van der Waals surface area contributed by atoms with Crippen molar-refractivity contribution in [3.63, 3.8) is 0 Å². The minimum absolute atomic E-state index is 0. The molecule has 0 unspecified atom stereocenters. The molecule has 16 heavy (non-hydrogen) atoms. The van der Waals surface area contributed by atoms with Gasteiger partial charge in [0.2, 0.25) is 0 Å². The molecule has 0 atom stereocenters. The van der Waals surface area contributed by atoms with Crippen LogP contribution in [0.4, 0.5) is 0 Å². The van der Waals surface area contributed by atoms with E-state index in [1.54, 1.807) is 12.1 Å².